The van der Waals surface area contributed by atoms with Crippen molar-refractivity contribution in [3.05, 3.63) is 34.3 Å². The predicted octanol–water partition coefficient (Wildman–Crippen LogP) is 3.24. The van der Waals surface area contributed by atoms with E-state index in [9.17, 15) is 4.21 Å². The Hall–Kier alpha value is -0.380. The number of nitrogens with two attached hydrogens (primary N) is 1. The molecular formula is C14H20ClNOS. The van der Waals surface area contributed by atoms with Gasteiger partial charge in [-0.15, -0.1) is 0 Å². The number of halogens is 1. The molecule has 1 unspecified atom stereocenters. The van der Waals surface area contributed by atoms with Gasteiger partial charge in [-0.05, 0) is 36.0 Å². The third-order valence-corrected chi connectivity index (χ3v) is 5.39. The third kappa shape index (κ3) is 3.81. The minimum absolute atomic E-state index is 0.491. The van der Waals surface area contributed by atoms with Gasteiger partial charge in [0.25, 0.3) is 0 Å². The Morgan fingerprint density at radius 1 is 1.33 bits per heavy atom. The fraction of sp³-hybridized carbons (Fsp3) is 0.571. The Morgan fingerprint density at radius 3 is 2.67 bits per heavy atom. The zero-order valence-electron chi connectivity index (χ0n) is 10.5. The summed E-state index contributed by atoms with van der Waals surface area (Å²) < 4.78 is 12.1. The zero-order valence-corrected chi connectivity index (χ0v) is 12.1. The van der Waals surface area contributed by atoms with E-state index >= 15 is 0 Å². The van der Waals surface area contributed by atoms with Crippen molar-refractivity contribution in [1.29, 1.82) is 0 Å². The minimum Gasteiger partial charge on any atom is -0.326 e. The Bertz CT molecular complexity index is 430. The molecule has 2 nitrogen and oxygen atoms in total. The predicted molar refractivity (Wildman–Crippen MR) is 78.0 cm³/mol. The van der Waals surface area contributed by atoms with E-state index in [4.69, 9.17) is 17.3 Å². The van der Waals surface area contributed by atoms with Crippen molar-refractivity contribution in [1.82, 2.24) is 0 Å². The van der Waals surface area contributed by atoms with Gasteiger partial charge < -0.3 is 5.73 Å². The Balaban J connectivity index is 1.93. The summed E-state index contributed by atoms with van der Waals surface area (Å²) >= 11 is 6.18. The lowest BCUT2D eigenvalue weighted by Gasteiger charge is -2.10. The highest BCUT2D eigenvalue weighted by atomic mass is 35.5. The molecule has 1 aliphatic carbocycles. The summed E-state index contributed by atoms with van der Waals surface area (Å²) in [5.74, 6) is 2.06. The molecule has 1 saturated carbocycles. The first kappa shape index (κ1) is 14.0. The normalized spacial score (nSPS) is 18.1. The molecule has 0 saturated heterocycles. The maximum Gasteiger partial charge on any atom is 0.0500 e. The van der Waals surface area contributed by atoms with Crippen molar-refractivity contribution in [3.8, 4) is 0 Å². The molecule has 0 bridgehead atoms. The van der Waals surface area contributed by atoms with Gasteiger partial charge in [-0.25, -0.2) is 0 Å². The third-order valence-electron chi connectivity index (χ3n) is 3.57. The summed E-state index contributed by atoms with van der Waals surface area (Å²) in [5, 5.41) is 0.692. The van der Waals surface area contributed by atoms with Crippen LogP contribution in [0.1, 0.15) is 36.8 Å². The van der Waals surface area contributed by atoms with Crippen LogP contribution < -0.4 is 5.73 Å². The van der Waals surface area contributed by atoms with Crippen LogP contribution >= 0.6 is 11.6 Å². The maximum absolute atomic E-state index is 12.1. The number of hydrogen-bond donors (Lipinski definition) is 1. The largest absolute Gasteiger partial charge is 0.326 e. The van der Waals surface area contributed by atoms with Crippen molar-refractivity contribution in [2.75, 3.05) is 5.75 Å². The summed E-state index contributed by atoms with van der Waals surface area (Å²) in [6.07, 6.45) is 5.08. The highest BCUT2D eigenvalue weighted by Crippen LogP contribution is 2.26. The van der Waals surface area contributed by atoms with Crippen molar-refractivity contribution in [2.24, 2.45) is 11.7 Å². The van der Waals surface area contributed by atoms with Gasteiger partial charge >= 0.3 is 0 Å². The summed E-state index contributed by atoms with van der Waals surface area (Å²) in [7, 11) is -0.795. The molecule has 4 heteroatoms. The summed E-state index contributed by atoms with van der Waals surface area (Å²) in [5.41, 5.74) is 7.56. The molecule has 1 aliphatic rings. The molecule has 0 aliphatic heterocycles. The first-order valence-corrected chi connectivity index (χ1v) is 8.38. The van der Waals surface area contributed by atoms with E-state index in [0.29, 0.717) is 23.2 Å². The van der Waals surface area contributed by atoms with Crippen LogP contribution in [0.15, 0.2) is 18.2 Å². The second-order valence-corrected chi connectivity index (χ2v) is 6.94. The van der Waals surface area contributed by atoms with E-state index in [1.165, 1.54) is 25.7 Å². The van der Waals surface area contributed by atoms with Gasteiger partial charge in [0.1, 0.15) is 0 Å². The van der Waals surface area contributed by atoms with Gasteiger partial charge in [-0.1, -0.05) is 36.6 Å². The zero-order chi connectivity index (χ0) is 13.0. The van der Waals surface area contributed by atoms with E-state index in [1.807, 2.05) is 18.2 Å². The Morgan fingerprint density at radius 2 is 2.06 bits per heavy atom. The van der Waals surface area contributed by atoms with Gasteiger partial charge in [0.05, 0.1) is 0 Å². The lowest BCUT2D eigenvalue weighted by atomic mass is 10.1. The number of rotatable bonds is 5. The highest BCUT2D eigenvalue weighted by Gasteiger charge is 2.18. The van der Waals surface area contributed by atoms with E-state index in [2.05, 4.69) is 0 Å². The van der Waals surface area contributed by atoms with Crippen LogP contribution in [0.4, 0.5) is 0 Å². The van der Waals surface area contributed by atoms with E-state index in [1.54, 1.807) is 0 Å². The lowest BCUT2D eigenvalue weighted by Crippen LogP contribution is -2.09. The molecule has 1 fully saturated rings. The Labute approximate surface area is 116 Å². The van der Waals surface area contributed by atoms with Gasteiger partial charge in [-0.3, -0.25) is 4.21 Å². The number of hydrogen-bond acceptors (Lipinski definition) is 2. The molecule has 0 radical (unpaired) electrons. The lowest BCUT2D eigenvalue weighted by molar-refractivity contribution is 0.604. The second-order valence-electron chi connectivity index (χ2n) is 5.03. The molecule has 0 aromatic heterocycles. The topological polar surface area (TPSA) is 43.1 Å². The quantitative estimate of drug-likeness (QED) is 0.902. The van der Waals surface area contributed by atoms with E-state index < -0.39 is 10.8 Å². The van der Waals surface area contributed by atoms with E-state index in [0.717, 1.165) is 16.9 Å². The molecule has 0 heterocycles. The first-order valence-electron chi connectivity index (χ1n) is 6.51. The second kappa shape index (κ2) is 6.69. The minimum atomic E-state index is -0.795. The van der Waals surface area contributed by atoms with Crippen molar-refractivity contribution in [3.63, 3.8) is 0 Å². The molecule has 2 N–H and O–H groups in total. The molecule has 1 aromatic carbocycles. The molecule has 0 spiro atoms. The molecule has 0 amide bonds. The monoisotopic (exact) mass is 285 g/mol. The molecule has 2 rings (SSSR count). The SMILES string of the molecule is NCc1ccc(CS(=O)CC2CCCC2)c(Cl)c1. The van der Waals surface area contributed by atoms with Crippen molar-refractivity contribution >= 4 is 22.4 Å². The molecular weight excluding hydrogens is 266 g/mol. The summed E-state index contributed by atoms with van der Waals surface area (Å²) in [4.78, 5) is 0. The molecule has 18 heavy (non-hydrogen) atoms. The molecule has 1 aromatic rings. The maximum atomic E-state index is 12.1. The smallest absolute Gasteiger partial charge is 0.0500 e. The average Bonchev–Trinajstić information content (AvgIpc) is 2.84. The number of benzene rings is 1. The van der Waals surface area contributed by atoms with Gasteiger partial charge in [-0.2, -0.15) is 0 Å². The van der Waals surface area contributed by atoms with Crippen LogP contribution in [-0.4, -0.2) is 9.96 Å². The van der Waals surface area contributed by atoms with Crippen LogP contribution in [0.25, 0.3) is 0 Å². The first-order chi connectivity index (χ1) is 8.69. The average molecular weight is 286 g/mol. The summed E-state index contributed by atoms with van der Waals surface area (Å²) in [6.45, 7) is 0.491. The highest BCUT2D eigenvalue weighted by molar-refractivity contribution is 7.84. The van der Waals surface area contributed by atoms with Crippen LogP contribution in [-0.2, 0) is 23.1 Å². The van der Waals surface area contributed by atoms with Gasteiger partial charge in [0.15, 0.2) is 0 Å². The van der Waals surface area contributed by atoms with Crippen molar-refractivity contribution in [2.45, 2.75) is 38.0 Å². The van der Waals surface area contributed by atoms with Crippen molar-refractivity contribution < 1.29 is 4.21 Å². The van der Waals surface area contributed by atoms with E-state index in [-0.39, 0.29) is 0 Å². The molecule has 1 atom stereocenters. The van der Waals surface area contributed by atoms with Crippen LogP contribution in [0.2, 0.25) is 5.02 Å². The molecule has 100 valence electrons. The van der Waals surface area contributed by atoms with Gasteiger partial charge in [0.2, 0.25) is 0 Å². The van der Waals surface area contributed by atoms with Crippen LogP contribution in [0.5, 0.6) is 0 Å². The van der Waals surface area contributed by atoms with Gasteiger partial charge in [0, 0.05) is 33.9 Å². The van der Waals surface area contributed by atoms with Crippen LogP contribution in [0.3, 0.4) is 0 Å². The summed E-state index contributed by atoms with van der Waals surface area (Å²) in [6, 6.07) is 5.80. The van der Waals surface area contributed by atoms with Crippen LogP contribution in [0, 0.1) is 5.92 Å². The standard InChI is InChI=1S/C14H20ClNOS/c15-14-7-12(8-16)5-6-13(14)10-18(17)9-11-3-1-2-4-11/h5-7,11H,1-4,8-10,16H2. The Kier molecular flexibility index (Phi) is 5.22. The fourth-order valence-electron chi connectivity index (χ4n) is 2.51. The fourth-order valence-corrected chi connectivity index (χ4v) is 4.43.